The zero-order chi connectivity index (χ0) is 16.9. The van der Waals surface area contributed by atoms with Crippen LogP contribution >= 0.6 is 24.0 Å². The number of rotatable bonds is 10. The lowest BCUT2D eigenvalue weighted by molar-refractivity contribution is 0.300. The van der Waals surface area contributed by atoms with Gasteiger partial charge in [0.05, 0.1) is 6.61 Å². The molecule has 0 aromatic heterocycles. The van der Waals surface area contributed by atoms with Crippen molar-refractivity contribution in [1.82, 2.24) is 15.5 Å². The van der Waals surface area contributed by atoms with Crippen LogP contribution in [0.15, 0.2) is 29.3 Å². The number of hydrogen-bond acceptors (Lipinski definition) is 3. The average molecular weight is 448 g/mol. The van der Waals surface area contributed by atoms with Gasteiger partial charge in [-0.3, -0.25) is 4.99 Å². The predicted octanol–water partition coefficient (Wildman–Crippen LogP) is 3.10. The summed E-state index contributed by atoms with van der Waals surface area (Å²) in [6, 6.07) is 8.10. The van der Waals surface area contributed by atoms with E-state index in [1.54, 1.807) is 7.05 Å². The Balaban J connectivity index is 0.00000529. The Morgan fingerprint density at radius 3 is 2.46 bits per heavy atom. The molecular formula is C18H33IN4O. The number of nitrogens with one attached hydrogen (secondary N) is 2. The Hall–Kier alpha value is -1.02. The van der Waals surface area contributed by atoms with Crippen LogP contribution in [0.4, 0.5) is 0 Å². The molecule has 138 valence electrons. The van der Waals surface area contributed by atoms with Crippen molar-refractivity contribution in [2.45, 2.75) is 33.7 Å². The number of guanidine groups is 1. The van der Waals surface area contributed by atoms with E-state index in [1.807, 2.05) is 25.1 Å². The van der Waals surface area contributed by atoms with Crippen LogP contribution in [-0.4, -0.2) is 50.7 Å². The fraction of sp³-hybridized carbons (Fsp3) is 0.611. The Labute approximate surface area is 164 Å². The van der Waals surface area contributed by atoms with Crippen molar-refractivity contribution in [3.05, 3.63) is 29.8 Å². The zero-order valence-corrected chi connectivity index (χ0v) is 17.8. The molecule has 0 aliphatic carbocycles. The van der Waals surface area contributed by atoms with E-state index in [1.165, 1.54) is 0 Å². The summed E-state index contributed by atoms with van der Waals surface area (Å²) in [5.74, 6) is 1.76. The molecule has 0 bridgehead atoms. The summed E-state index contributed by atoms with van der Waals surface area (Å²) in [6.07, 6.45) is 1.11. The minimum Gasteiger partial charge on any atom is -0.494 e. The fourth-order valence-electron chi connectivity index (χ4n) is 2.40. The standard InChI is InChI=1S/C18H32N4O.HI/c1-5-22(6-2)14-10-13-20-18(19-4)21-15-16-11-8-9-12-17(16)23-7-3;/h8-9,11-12H,5-7,10,13-15H2,1-4H3,(H2,19,20,21);1H. The van der Waals surface area contributed by atoms with E-state index in [0.717, 1.165) is 49.9 Å². The van der Waals surface area contributed by atoms with Gasteiger partial charge < -0.3 is 20.3 Å². The van der Waals surface area contributed by atoms with Crippen molar-refractivity contribution >= 4 is 29.9 Å². The molecule has 1 rings (SSSR count). The molecule has 0 saturated carbocycles. The third-order valence-corrected chi connectivity index (χ3v) is 3.78. The van der Waals surface area contributed by atoms with E-state index >= 15 is 0 Å². The molecule has 0 heterocycles. The van der Waals surface area contributed by atoms with E-state index < -0.39 is 0 Å². The first kappa shape index (κ1) is 23.0. The normalized spacial score (nSPS) is 11.1. The molecule has 2 N–H and O–H groups in total. The maximum absolute atomic E-state index is 5.65. The zero-order valence-electron chi connectivity index (χ0n) is 15.5. The van der Waals surface area contributed by atoms with Gasteiger partial charge in [0.15, 0.2) is 5.96 Å². The molecule has 0 saturated heterocycles. The molecule has 5 nitrogen and oxygen atoms in total. The number of aliphatic imine (C=N–C) groups is 1. The van der Waals surface area contributed by atoms with Crippen LogP contribution in [0.1, 0.15) is 32.8 Å². The topological polar surface area (TPSA) is 48.9 Å². The third kappa shape index (κ3) is 8.73. The number of halogens is 1. The second-order valence-electron chi connectivity index (χ2n) is 5.27. The average Bonchev–Trinajstić information content (AvgIpc) is 2.59. The molecule has 24 heavy (non-hydrogen) atoms. The van der Waals surface area contributed by atoms with Crippen molar-refractivity contribution in [3.63, 3.8) is 0 Å². The van der Waals surface area contributed by atoms with Gasteiger partial charge in [0.25, 0.3) is 0 Å². The summed E-state index contributed by atoms with van der Waals surface area (Å²) < 4.78 is 5.65. The van der Waals surface area contributed by atoms with E-state index in [2.05, 4.69) is 40.4 Å². The maximum atomic E-state index is 5.65. The lowest BCUT2D eigenvalue weighted by Crippen LogP contribution is -2.38. The summed E-state index contributed by atoms with van der Waals surface area (Å²) in [7, 11) is 1.80. The van der Waals surface area contributed by atoms with E-state index in [-0.39, 0.29) is 24.0 Å². The Morgan fingerprint density at radius 2 is 1.83 bits per heavy atom. The molecule has 6 heteroatoms. The first-order chi connectivity index (χ1) is 11.2. The first-order valence-corrected chi connectivity index (χ1v) is 8.62. The summed E-state index contributed by atoms with van der Waals surface area (Å²) in [5.41, 5.74) is 1.14. The first-order valence-electron chi connectivity index (χ1n) is 8.62. The number of para-hydroxylation sites is 1. The van der Waals surface area contributed by atoms with Gasteiger partial charge in [0, 0.05) is 25.7 Å². The van der Waals surface area contributed by atoms with Crippen LogP contribution in [0, 0.1) is 0 Å². The van der Waals surface area contributed by atoms with Crippen LogP contribution in [0.5, 0.6) is 5.75 Å². The second kappa shape index (κ2) is 14.3. The van der Waals surface area contributed by atoms with E-state index in [0.29, 0.717) is 13.2 Å². The number of nitrogens with zero attached hydrogens (tertiary/aromatic N) is 2. The minimum absolute atomic E-state index is 0. The van der Waals surface area contributed by atoms with Crippen molar-refractivity contribution in [2.24, 2.45) is 4.99 Å². The second-order valence-corrected chi connectivity index (χ2v) is 5.27. The molecule has 0 unspecified atom stereocenters. The predicted molar refractivity (Wildman–Crippen MR) is 114 cm³/mol. The molecule has 0 aliphatic heterocycles. The number of ether oxygens (including phenoxy) is 1. The van der Waals surface area contributed by atoms with Gasteiger partial charge in [0.1, 0.15) is 5.75 Å². The van der Waals surface area contributed by atoms with Crippen LogP contribution in [0.25, 0.3) is 0 Å². The quantitative estimate of drug-likeness (QED) is 0.250. The van der Waals surface area contributed by atoms with Gasteiger partial charge in [0.2, 0.25) is 0 Å². The van der Waals surface area contributed by atoms with E-state index in [9.17, 15) is 0 Å². The molecule has 0 atom stereocenters. The van der Waals surface area contributed by atoms with Crippen molar-refractivity contribution in [1.29, 1.82) is 0 Å². The summed E-state index contributed by atoms with van der Waals surface area (Å²) in [5, 5.41) is 6.71. The Kier molecular flexibility index (Phi) is 13.7. The molecule has 0 amide bonds. The summed E-state index contributed by atoms with van der Waals surface area (Å²) in [6.45, 7) is 12.0. The molecule has 0 radical (unpaired) electrons. The van der Waals surface area contributed by atoms with Gasteiger partial charge in [-0.15, -0.1) is 24.0 Å². The summed E-state index contributed by atoms with van der Waals surface area (Å²) in [4.78, 5) is 6.70. The molecule has 1 aromatic rings. The number of benzene rings is 1. The highest BCUT2D eigenvalue weighted by Gasteiger charge is 2.04. The smallest absolute Gasteiger partial charge is 0.191 e. The van der Waals surface area contributed by atoms with Crippen LogP contribution in [0.2, 0.25) is 0 Å². The van der Waals surface area contributed by atoms with E-state index in [4.69, 9.17) is 4.74 Å². The van der Waals surface area contributed by atoms with Crippen molar-refractivity contribution in [3.8, 4) is 5.75 Å². The maximum Gasteiger partial charge on any atom is 0.191 e. The lowest BCUT2D eigenvalue weighted by Gasteiger charge is -2.18. The Bertz CT molecular complexity index is 464. The van der Waals surface area contributed by atoms with Crippen molar-refractivity contribution < 1.29 is 4.74 Å². The molecule has 0 fully saturated rings. The van der Waals surface area contributed by atoms with Gasteiger partial charge in [-0.2, -0.15) is 0 Å². The van der Waals surface area contributed by atoms with Gasteiger partial charge in [-0.1, -0.05) is 32.0 Å². The highest BCUT2D eigenvalue weighted by atomic mass is 127. The van der Waals surface area contributed by atoms with Crippen LogP contribution < -0.4 is 15.4 Å². The summed E-state index contributed by atoms with van der Waals surface area (Å²) >= 11 is 0. The molecule has 0 aliphatic rings. The van der Waals surface area contributed by atoms with Gasteiger partial charge in [-0.25, -0.2) is 0 Å². The van der Waals surface area contributed by atoms with Gasteiger partial charge in [-0.05, 0) is 39.0 Å². The van der Waals surface area contributed by atoms with Gasteiger partial charge >= 0.3 is 0 Å². The molecular weight excluding hydrogens is 415 g/mol. The highest BCUT2D eigenvalue weighted by molar-refractivity contribution is 14.0. The fourth-order valence-corrected chi connectivity index (χ4v) is 2.40. The highest BCUT2D eigenvalue weighted by Crippen LogP contribution is 2.17. The monoisotopic (exact) mass is 448 g/mol. The van der Waals surface area contributed by atoms with Crippen LogP contribution in [0.3, 0.4) is 0 Å². The third-order valence-electron chi connectivity index (χ3n) is 3.78. The molecule has 1 aromatic carbocycles. The number of hydrogen-bond donors (Lipinski definition) is 2. The van der Waals surface area contributed by atoms with Crippen molar-refractivity contribution in [2.75, 3.05) is 39.8 Å². The minimum atomic E-state index is 0. The lowest BCUT2D eigenvalue weighted by atomic mass is 10.2. The Morgan fingerprint density at radius 1 is 1.12 bits per heavy atom. The SMILES string of the molecule is CCOc1ccccc1CNC(=NC)NCCCN(CC)CC.I. The molecule has 0 spiro atoms. The largest absolute Gasteiger partial charge is 0.494 e. The van der Waals surface area contributed by atoms with Crippen LogP contribution in [-0.2, 0) is 6.54 Å².